The number of rotatable bonds is 6. The summed E-state index contributed by atoms with van der Waals surface area (Å²) in [6.07, 6.45) is 1.57. The molecule has 0 atom stereocenters. The minimum absolute atomic E-state index is 0.170. The number of thioether (sulfide) groups is 1. The zero-order chi connectivity index (χ0) is 21.2. The van der Waals surface area contributed by atoms with Crippen LogP contribution in [0.1, 0.15) is 11.7 Å². The van der Waals surface area contributed by atoms with Crippen molar-refractivity contribution in [1.29, 1.82) is 0 Å². The molecule has 31 heavy (non-hydrogen) atoms. The van der Waals surface area contributed by atoms with Crippen LogP contribution >= 0.6 is 23.4 Å². The summed E-state index contributed by atoms with van der Waals surface area (Å²) in [5.41, 5.74) is 1.23. The van der Waals surface area contributed by atoms with Crippen molar-refractivity contribution in [3.63, 3.8) is 0 Å². The van der Waals surface area contributed by atoms with Gasteiger partial charge in [-0.1, -0.05) is 58.9 Å². The SMILES string of the molecule is O=c1c2ccc(Cl)cc2nc(SCc2nc(-c3ccccc3)no2)n1Cc1ccco1. The standard InChI is InChI=1S/C22H15ClN4O3S/c23-15-8-9-17-18(11-15)24-22(27(21(17)28)12-16-7-4-10-29-16)31-13-19-25-20(26-30-19)14-5-2-1-3-6-14/h1-11H,12-13H2. The molecule has 0 aliphatic carbocycles. The van der Waals surface area contributed by atoms with Crippen LogP contribution in [0.4, 0.5) is 0 Å². The summed E-state index contributed by atoms with van der Waals surface area (Å²) in [4.78, 5) is 22.3. The maximum absolute atomic E-state index is 13.2. The van der Waals surface area contributed by atoms with Gasteiger partial charge in [-0.3, -0.25) is 9.36 Å². The van der Waals surface area contributed by atoms with Crippen LogP contribution in [0.25, 0.3) is 22.3 Å². The summed E-state index contributed by atoms with van der Waals surface area (Å²) in [5, 5.41) is 5.56. The van der Waals surface area contributed by atoms with E-state index in [0.717, 1.165) is 5.56 Å². The zero-order valence-electron chi connectivity index (χ0n) is 16.1. The third kappa shape index (κ3) is 4.12. The number of halogens is 1. The van der Waals surface area contributed by atoms with E-state index in [9.17, 15) is 4.79 Å². The summed E-state index contributed by atoms with van der Waals surface area (Å²) in [6, 6.07) is 18.2. The minimum atomic E-state index is -0.170. The summed E-state index contributed by atoms with van der Waals surface area (Å²) < 4.78 is 12.4. The van der Waals surface area contributed by atoms with Crippen molar-refractivity contribution >= 4 is 34.3 Å². The quantitative estimate of drug-likeness (QED) is 0.264. The fourth-order valence-electron chi connectivity index (χ4n) is 3.13. The topological polar surface area (TPSA) is 87.0 Å². The lowest BCUT2D eigenvalue weighted by molar-refractivity contribution is 0.391. The molecule has 5 aromatic rings. The Morgan fingerprint density at radius 1 is 1.03 bits per heavy atom. The Morgan fingerprint density at radius 2 is 1.90 bits per heavy atom. The van der Waals surface area contributed by atoms with Gasteiger partial charge in [0.1, 0.15) is 5.76 Å². The molecule has 0 N–H and O–H groups in total. The van der Waals surface area contributed by atoms with E-state index in [-0.39, 0.29) is 12.1 Å². The monoisotopic (exact) mass is 450 g/mol. The molecular formula is C22H15ClN4O3S. The van der Waals surface area contributed by atoms with Gasteiger partial charge < -0.3 is 8.94 Å². The molecule has 2 aromatic carbocycles. The average molecular weight is 451 g/mol. The normalized spacial score (nSPS) is 11.3. The average Bonchev–Trinajstić information content (AvgIpc) is 3.47. The third-order valence-corrected chi connectivity index (χ3v) is 5.80. The van der Waals surface area contributed by atoms with Gasteiger partial charge in [0.05, 0.1) is 29.5 Å². The molecule has 0 aliphatic rings. The summed E-state index contributed by atoms with van der Waals surface area (Å²) in [7, 11) is 0. The van der Waals surface area contributed by atoms with Gasteiger partial charge >= 0.3 is 0 Å². The molecule has 0 fully saturated rings. The van der Waals surface area contributed by atoms with Gasteiger partial charge in [-0.2, -0.15) is 4.98 Å². The van der Waals surface area contributed by atoms with Crippen LogP contribution in [-0.2, 0) is 12.3 Å². The van der Waals surface area contributed by atoms with E-state index in [1.54, 1.807) is 35.1 Å². The van der Waals surface area contributed by atoms with Gasteiger partial charge in [-0.05, 0) is 30.3 Å². The molecular weight excluding hydrogens is 436 g/mol. The summed E-state index contributed by atoms with van der Waals surface area (Å²) >= 11 is 7.44. The number of nitrogens with zero attached hydrogens (tertiary/aromatic N) is 4. The highest BCUT2D eigenvalue weighted by Crippen LogP contribution is 2.25. The lowest BCUT2D eigenvalue weighted by atomic mass is 10.2. The molecule has 0 bridgehead atoms. The van der Waals surface area contributed by atoms with Gasteiger partial charge in [-0.25, -0.2) is 4.98 Å². The van der Waals surface area contributed by atoms with Gasteiger partial charge in [0, 0.05) is 10.6 Å². The first kappa shape index (κ1) is 19.6. The summed E-state index contributed by atoms with van der Waals surface area (Å²) in [6.45, 7) is 0.263. The van der Waals surface area contributed by atoms with Gasteiger partial charge in [0.15, 0.2) is 5.16 Å². The molecule has 0 radical (unpaired) electrons. The maximum Gasteiger partial charge on any atom is 0.262 e. The van der Waals surface area contributed by atoms with Crippen molar-refractivity contribution < 1.29 is 8.94 Å². The lowest BCUT2D eigenvalue weighted by Crippen LogP contribution is -2.23. The minimum Gasteiger partial charge on any atom is -0.467 e. The van der Waals surface area contributed by atoms with Crippen molar-refractivity contribution in [3.8, 4) is 11.4 Å². The fourth-order valence-corrected chi connectivity index (χ4v) is 4.13. The van der Waals surface area contributed by atoms with Crippen LogP contribution < -0.4 is 5.56 Å². The molecule has 0 saturated carbocycles. The van der Waals surface area contributed by atoms with Crippen LogP contribution in [0.15, 0.2) is 85.8 Å². The van der Waals surface area contributed by atoms with E-state index in [1.165, 1.54) is 11.8 Å². The highest BCUT2D eigenvalue weighted by molar-refractivity contribution is 7.98. The van der Waals surface area contributed by atoms with Gasteiger partial charge in [0.25, 0.3) is 5.56 Å². The van der Waals surface area contributed by atoms with Crippen LogP contribution in [0, 0.1) is 0 Å². The van der Waals surface area contributed by atoms with E-state index in [1.807, 2.05) is 36.4 Å². The number of benzene rings is 2. The first-order valence-electron chi connectivity index (χ1n) is 9.41. The predicted octanol–water partition coefficient (Wildman–Crippen LogP) is 5.03. The molecule has 0 unspecified atom stereocenters. The Morgan fingerprint density at radius 3 is 2.71 bits per heavy atom. The van der Waals surface area contributed by atoms with Crippen LogP contribution in [0.5, 0.6) is 0 Å². The fraction of sp³-hybridized carbons (Fsp3) is 0.0909. The van der Waals surface area contributed by atoms with Gasteiger partial charge in [0.2, 0.25) is 11.7 Å². The van der Waals surface area contributed by atoms with E-state index >= 15 is 0 Å². The second-order valence-corrected chi connectivity index (χ2v) is 8.07. The molecule has 0 amide bonds. The highest BCUT2D eigenvalue weighted by atomic mass is 35.5. The Balaban J connectivity index is 1.48. The number of aromatic nitrogens is 4. The van der Waals surface area contributed by atoms with Crippen molar-refractivity contribution in [3.05, 3.63) is 94.0 Å². The molecule has 154 valence electrons. The Labute approximate surface area is 185 Å². The van der Waals surface area contributed by atoms with Crippen molar-refractivity contribution in [1.82, 2.24) is 19.7 Å². The third-order valence-electron chi connectivity index (χ3n) is 4.60. The van der Waals surface area contributed by atoms with Crippen molar-refractivity contribution in [2.75, 3.05) is 0 Å². The lowest BCUT2D eigenvalue weighted by Gasteiger charge is -2.11. The van der Waals surface area contributed by atoms with E-state index < -0.39 is 0 Å². The first-order valence-corrected chi connectivity index (χ1v) is 10.8. The van der Waals surface area contributed by atoms with E-state index in [4.69, 9.17) is 20.5 Å². The Hall–Kier alpha value is -3.36. The molecule has 0 spiro atoms. The molecule has 3 aromatic heterocycles. The second kappa shape index (κ2) is 8.41. The van der Waals surface area contributed by atoms with Crippen molar-refractivity contribution in [2.45, 2.75) is 17.5 Å². The molecule has 3 heterocycles. The zero-order valence-corrected chi connectivity index (χ0v) is 17.6. The smallest absolute Gasteiger partial charge is 0.262 e. The summed E-state index contributed by atoms with van der Waals surface area (Å²) in [5.74, 6) is 1.97. The molecule has 9 heteroatoms. The number of hydrogen-bond donors (Lipinski definition) is 0. The maximum atomic E-state index is 13.2. The number of furan rings is 1. The van der Waals surface area contributed by atoms with E-state index in [2.05, 4.69) is 15.1 Å². The largest absolute Gasteiger partial charge is 0.467 e. The first-order chi connectivity index (χ1) is 15.2. The number of hydrogen-bond acceptors (Lipinski definition) is 7. The number of fused-ring (bicyclic) bond motifs is 1. The van der Waals surface area contributed by atoms with Crippen LogP contribution in [0.3, 0.4) is 0 Å². The molecule has 7 nitrogen and oxygen atoms in total. The van der Waals surface area contributed by atoms with Gasteiger partial charge in [-0.15, -0.1) is 0 Å². The molecule has 0 saturated heterocycles. The Kier molecular flexibility index (Phi) is 5.31. The molecule has 0 aliphatic heterocycles. The van der Waals surface area contributed by atoms with E-state index in [0.29, 0.717) is 44.3 Å². The highest BCUT2D eigenvalue weighted by Gasteiger charge is 2.16. The predicted molar refractivity (Wildman–Crippen MR) is 118 cm³/mol. The Bertz CT molecular complexity index is 1400. The molecule has 5 rings (SSSR count). The van der Waals surface area contributed by atoms with Crippen molar-refractivity contribution in [2.24, 2.45) is 0 Å². The van der Waals surface area contributed by atoms with Crippen LogP contribution in [0.2, 0.25) is 5.02 Å². The van der Waals surface area contributed by atoms with Crippen LogP contribution in [-0.4, -0.2) is 19.7 Å². The second-order valence-electron chi connectivity index (χ2n) is 6.69.